The van der Waals surface area contributed by atoms with Crippen LogP contribution < -0.4 is 19.7 Å². The maximum Gasteiger partial charge on any atom is 0.261 e. The molecule has 0 aliphatic carbocycles. The summed E-state index contributed by atoms with van der Waals surface area (Å²) in [5.41, 5.74) is 1.09. The number of nitrogens with zero attached hydrogens (tertiary/aromatic N) is 3. The summed E-state index contributed by atoms with van der Waals surface area (Å²) < 4.78 is 10.9. The molecule has 30 heavy (non-hydrogen) atoms. The average molecular weight is 423 g/mol. The highest BCUT2D eigenvalue weighted by atomic mass is 32.1. The molecule has 8 heteroatoms. The molecular formula is C22H22N4O3S. The standard InChI is InChI=1S/C22H22N4O3S/c1-25-12-19(15-8-17(28-2)10-18(9-15)29-3)22(13-25)20(27)26(21(30)24-22)16-6-4-5-14(7-16)11-23/h4-10,19H,12-13H2,1-3H3,(H,24,30)/t19-,22-/m0/s1. The van der Waals surface area contributed by atoms with Gasteiger partial charge in [-0.2, -0.15) is 5.26 Å². The van der Waals surface area contributed by atoms with E-state index in [1.54, 1.807) is 38.5 Å². The summed E-state index contributed by atoms with van der Waals surface area (Å²) in [5.74, 6) is 1.04. The number of anilines is 1. The van der Waals surface area contributed by atoms with Gasteiger partial charge in [0, 0.05) is 25.1 Å². The molecule has 1 amide bonds. The van der Waals surface area contributed by atoms with E-state index >= 15 is 0 Å². The highest BCUT2D eigenvalue weighted by Gasteiger charge is 2.59. The molecule has 2 aromatic carbocycles. The largest absolute Gasteiger partial charge is 0.497 e. The van der Waals surface area contributed by atoms with Crippen LogP contribution in [0.4, 0.5) is 5.69 Å². The number of thiocarbonyl (C=S) groups is 1. The first-order valence-corrected chi connectivity index (χ1v) is 9.91. The van der Waals surface area contributed by atoms with Gasteiger partial charge in [0.1, 0.15) is 17.0 Å². The van der Waals surface area contributed by atoms with E-state index in [1.807, 2.05) is 25.2 Å². The van der Waals surface area contributed by atoms with Crippen LogP contribution in [0.25, 0.3) is 0 Å². The lowest BCUT2D eigenvalue weighted by Gasteiger charge is -2.29. The van der Waals surface area contributed by atoms with Crippen molar-refractivity contribution in [1.29, 1.82) is 5.26 Å². The van der Waals surface area contributed by atoms with Crippen molar-refractivity contribution in [2.75, 3.05) is 39.3 Å². The molecule has 2 fully saturated rings. The summed E-state index contributed by atoms with van der Waals surface area (Å²) in [6.45, 7) is 1.17. The van der Waals surface area contributed by atoms with Gasteiger partial charge in [0.25, 0.3) is 5.91 Å². The molecule has 2 aromatic rings. The number of carbonyl (C=O) groups is 1. The molecule has 0 radical (unpaired) electrons. The van der Waals surface area contributed by atoms with Crippen molar-refractivity contribution in [3.05, 3.63) is 53.6 Å². The Balaban J connectivity index is 1.78. The summed E-state index contributed by atoms with van der Waals surface area (Å²) >= 11 is 5.57. The van der Waals surface area contributed by atoms with Crippen LogP contribution in [0.1, 0.15) is 17.0 Å². The summed E-state index contributed by atoms with van der Waals surface area (Å²) in [7, 11) is 5.19. The second-order valence-corrected chi connectivity index (χ2v) is 7.99. The SMILES string of the molecule is COc1cc(OC)cc([C@@H]2CN(C)C[C@]23NC(=S)N(c2cccc(C#N)c2)C3=O)c1. The van der Waals surface area contributed by atoms with Gasteiger partial charge in [0.2, 0.25) is 0 Å². The van der Waals surface area contributed by atoms with Crippen molar-refractivity contribution in [2.24, 2.45) is 0 Å². The minimum atomic E-state index is -0.911. The number of likely N-dealkylation sites (N-methyl/N-ethyl adjacent to an activating group) is 1. The van der Waals surface area contributed by atoms with Gasteiger partial charge in [-0.25, -0.2) is 0 Å². The Kier molecular flexibility index (Phi) is 5.10. The number of amides is 1. The first-order chi connectivity index (χ1) is 14.4. The molecule has 4 rings (SSSR count). The molecule has 2 aliphatic rings. The zero-order valence-electron chi connectivity index (χ0n) is 17.0. The average Bonchev–Trinajstić information content (AvgIpc) is 3.22. The number of methoxy groups -OCH3 is 2. The van der Waals surface area contributed by atoms with Crippen LogP contribution >= 0.6 is 12.2 Å². The number of ether oxygens (including phenoxy) is 2. The molecule has 0 unspecified atom stereocenters. The molecule has 0 aromatic heterocycles. The molecular weight excluding hydrogens is 400 g/mol. The van der Waals surface area contributed by atoms with E-state index in [0.717, 1.165) is 5.56 Å². The fourth-order valence-corrected chi connectivity index (χ4v) is 4.74. The monoisotopic (exact) mass is 422 g/mol. The Morgan fingerprint density at radius 3 is 2.53 bits per heavy atom. The third kappa shape index (κ3) is 3.16. The van der Waals surface area contributed by atoms with Gasteiger partial charge in [-0.1, -0.05) is 6.07 Å². The van der Waals surface area contributed by atoms with Gasteiger partial charge in [-0.3, -0.25) is 9.69 Å². The number of hydrogen-bond donors (Lipinski definition) is 1. The lowest BCUT2D eigenvalue weighted by molar-refractivity contribution is -0.122. The lowest BCUT2D eigenvalue weighted by Crippen LogP contribution is -2.52. The van der Waals surface area contributed by atoms with Gasteiger partial charge in [-0.05, 0) is 55.2 Å². The fraction of sp³-hybridized carbons (Fsp3) is 0.318. The van der Waals surface area contributed by atoms with E-state index in [2.05, 4.69) is 16.3 Å². The second kappa shape index (κ2) is 7.59. The number of rotatable bonds is 4. The summed E-state index contributed by atoms with van der Waals surface area (Å²) in [5, 5.41) is 12.9. The molecule has 1 spiro atoms. The van der Waals surface area contributed by atoms with E-state index in [1.165, 1.54) is 4.90 Å². The van der Waals surface area contributed by atoms with Crippen LogP contribution in [-0.2, 0) is 4.79 Å². The van der Waals surface area contributed by atoms with Crippen LogP contribution in [0.15, 0.2) is 42.5 Å². The Hall–Kier alpha value is -3.15. The normalized spacial score (nSPS) is 23.5. The van der Waals surface area contributed by atoms with Crippen molar-refractivity contribution in [3.8, 4) is 17.6 Å². The number of nitriles is 1. The van der Waals surface area contributed by atoms with Crippen LogP contribution in [-0.4, -0.2) is 55.8 Å². The van der Waals surface area contributed by atoms with E-state index in [0.29, 0.717) is 41.0 Å². The predicted molar refractivity (Wildman–Crippen MR) is 117 cm³/mol. The molecule has 2 heterocycles. The fourth-order valence-electron chi connectivity index (χ4n) is 4.37. The second-order valence-electron chi connectivity index (χ2n) is 7.60. The summed E-state index contributed by atoms with van der Waals surface area (Å²) in [6, 6.07) is 14.7. The molecule has 0 bridgehead atoms. The Bertz CT molecular complexity index is 1040. The van der Waals surface area contributed by atoms with Crippen molar-refractivity contribution in [1.82, 2.24) is 10.2 Å². The van der Waals surface area contributed by atoms with E-state index in [9.17, 15) is 10.1 Å². The van der Waals surface area contributed by atoms with Crippen LogP contribution in [0.2, 0.25) is 0 Å². The number of nitrogens with one attached hydrogen (secondary N) is 1. The Morgan fingerprint density at radius 2 is 1.90 bits per heavy atom. The molecule has 2 aliphatic heterocycles. The quantitative estimate of drug-likeness (QED) is 0.758. The van der Waals surface area contributed by atoms with Crippen LogP contribution in [0.3, 0.4) is 0 Å². The Labute approximate surface area is 180 Å². The van der Waals surface area contributed by atoms with Gasteiger partial charge in [0.05, 0.1) is 31.5 Å². The van der Waals surface area contributed by atoms with Crippen molar-refractivity contribution in [3.63, 3.8) is 0 Å². The van der Waals surface area contributed by atoms with Crippen molar-refractivity contribution < 1.29 is 14.3 Å². The first-order valence-electron chi connectivity index (χ1n) is 9.50. The van der Waals surface area contributed by atoms with Crippen molar-refractivity contribution >= 4 is 28.9 Å². The highest BCUT2D eigenvalue weighted by Crippen LogP contribution is 2.43. The maximum absolute atomic E-state index is 13.8. The number of benzene rings is 2. The maximum atomic E-state index is 13.8. The summed E-state index contributed by atoms with van der Waals surface area (Å²) in [6.07, 6.45) is 0. The highest BCUT2D eigenvalue weighted by molar-refractivity contribution is 7.80. The van der Waals surface area contributed by atoms with Crippen LogP contribution in [0.5, 0.6) is 11.5 Å². The van der Waals surface area contributed by atoms with E-state index in [4.69, 9.17) is 21.7 Å². The zero-order valence-corrected chi connectivity index (χ0v) is 17.8. The molecule has 1 N–H and O–H groups in total. The summed E-state index contributed by atoms with van der Waals surface area (Å²) in [4.78, 5) is 17.4. The lowest BCUT2D eigenvalue weighted by atomic mass is 9.81. The molecule has 2 saturated heterocycles. The smallest absolute Gasteiger partial charge is 0.261 e. The minimum Gasteiger partial charge on any atom is -0.497 e. The minimum absolute atomic E-state index is 0.126. The number of hydrogen-bond acceptors (Lipinski definition) is 6. The van der Waals surface area contributed by atoms with Gasteiger partial charge in [0.15, 0.2) is 5.11 Å². The third-order valence-corrected chi connectivity index (χ3v) is 6.02. The number of carbonyl (C=O) groups excluding carboxylic acids is 1. The zero-order chi connectivity index (χ0) is 21.5. The van der Waals surface area contributed by atoms with Crippen LogP contribution in [0, 0.1) is 11.3 Å². The molecule has 0 saturated carbocycles. The van der Waals surface area contributed by atoms with E-state index in [-0.39, 0.29) is 11.8 Å². The first kappa shape index (κ1) is 20.1. The predicted octanol–water partition coefficient (Wildman–Crippen LogP) is 2.26. The van der Waals surface area contributed by atoms with Gasteiger partial charge >= 0.3 is 0 Å². The van der Waals surface area contributed by atoms with Gasteiger partial charge in [-0.15, -0.1) is 0 Å². The van der Waals surface area contributed by atoms with Gasteiger partial charge < -0.3 is 19.7 Å². The molecule has 7 nitrogen and oxygen atoms in total. The van der Waals surface area contributed by atoms with Crippen molar-refractivity contribution in [2.45, 2.75) is 11.5 Å². The topological polar surface area (TPSA) is 77.8 Å². The number of likely N-dealkylation sites (tertiary alicyclic amines) is 1. The third-order valence-electron chi connectivity index (χ3n) is 5.74. The van der Waals surface area contributed by atoms with E-state index < -0.39 is 5.54 Å². The molecule has 154 valence electrons. The molecule has 2 atom stereocenters. The Morgan fingerprint density at radius 1 is 1.20 bits per heavy atom.